The normalized spacial score (nSPS) is 13.1. The molecule has 3 nitrogen and oxygen atoms in total. The van der Waals surface area contributed by atoms with Gasteiger partial charge in [-0.3, -0.25) is 0 Å². The molecule has 2 aromatic heterocycles. The van der Waals surface area contributed by atoms with Crippen molar-refractivity contribution in [1.29, 1.82) is 0 Å². The average molecular weight is 282 g/mol. The third-order valence-electron chi connectivity index (χ3n) is 3.72. The highest BCUT2D eigenvalue weighted by molar-refractivity contribution is 6.30. The van der Waals surface area contributed by atoms with Crippen LogP contribution in [0.15, 0.2) is 36.5 Å². The van der Waals surface area contributed by atoms with Gasteiger partial charge in [-0.25, -0.2) is 9.67 Å². The maximum atomic E-state index is 6.02. The van der Waals surface area contributed by atoms with Gasteiger partial charge in [0, 0.05) is 17.6 Å². The van der Waals surface area contributed by atoms with Gasteiger partial charge in [0.1, 0.15) is 5.15 Å². The second kappa shape index (κ2) is 4.18. The molecule has 2 heterocycles. The Morgan fingerprint density at radius 2 is 2.15 bits per heavy atom. The van der Waals surface area contributed by atoms with Crippen LogP contribution in [0.3, 0.4) is 0 Å². The van der Waals surface area contributed by atoms with E-state index in [4.69, 9.17) is 11.6 Å². The van der Waals surface area contributed by atoms with E-state index >= 15 is 0 Å². The number of fused-ring (bicyclic) bond motifs is 2. The van der Waals surface area contributed by atoms with Crippen molar-refractivity contribution in [2.45, 2.75) is 13.3 Å². The SMILES string of the molecule is Cc1nn(-c2ccc3c(c2)CC=C3)c2cc(Cl)ncc12. The zero-order valence-electron chi connectivity index (χ0n) is 11.0. The number of benzene rings is 1. The Bertz CT molecular complexity index is 862. The van der Waals surface area contributed by atoms with Gasteiger partial charge < -0.3 is 0 Å². The molecule has 0 N–H and O–H groups in total. The van der Waals surface area contributed by atoms with Crippen molar-refractivity contribution >= 4 is 28.6 Å². The summed E-state index contributed by atoms with van der Waals surface area (Å²) >= 11 is 6.02. The zero-order chi connectivity index (χ0) is 13.7. The highest BCUT2D eigenvalue weighted by Crippen LogP contribution is 2.26. The minimum absolute atomic E-state index is 0.487. The first-order valence-corrected chi connectivity index (χ1v) is 6.91. The van der Waals surface area contributed by atoms with Crippen LogP contribution in [0.4, 0.5) is 0 Å². The molecular weight excluding hydrogens is 270 g/mol. The lowest BCUT2D eigenvalue weighted by Gasteiger charge is -2.06. The van der Waals surface area contributed by atoms with Crippen LogP contribution in [-0.4, -0.2) is 14.8 Å². The van der Waals surface area contributed by atoms with Crippen LogP contribution < -0.4 is 0 Å². The molecule has 98 valence electrons. The Balaban J connectivity index is 1.96. The van der Waals surface area contributed by atoms with Crippen LogP contribution in [0, 0.1) is 6.92 Å². The van der Waals surface area contributed by atoms with E-state index < -0.39 is 0 Å². The van der Waals surface area contributed by atoms with Gasteiger partial charge >= 0.3 is 0 Å². The van der Waals surface area contributed by atoms with Crippen molar-refractivity contribution in [2.24, 2.45) is 0 Å². The molecule has 1 aromatic carbocycles. The lowest BCUT2D eigenvalue weighted by Crippen LogP contribution is -1.98. The molecule has 0 spiro atoms. The van der Waals surface area contributed by atoms with Gasteiger partial charge in [-0.15, -0.1) is 0 Å². The lowest BCUT2D eigenvalue weighted by atomic mass is 10.1. The second-order valence-corrected chi connectivity index (χ2v) is 5.40. The molecule has 0 aliphatic heterocycles. The van der Waals surface area contributed by atoms with Crippen molar-refractivity contribution in [3.05, 3.63) is 58.5 Å². The summed E-state index contributed by atoms with van der Waals surface area (Å²) in [5.74, 6) is 0. The largest absolute Gasteiger partial charge is 0.244 e. The number of allylic oxidation sites excluding steroid dienone is 1. The van der Waals surface area contributed by atoms with E-state index in [9.17, 15) is 0 Å². The number of hydrogen-bond donors (Lipinski definition) is 0. The third kappa shape index (κ3) is 1.67. The van der Waals surface area contributed by atoms with E-state index in [-0.39, 0.29) is 0 Å². The average Bonchev–Trinajstić information content (AvgIpc) is 3.02. The molecule has 1 aliphatic rings. The van der Waals surface area contributed by atoms with Crippen molar-refractivity contribution in [2.75, 3.05) is 0 Å². The van der Waals surface area contributed by atoms with Crippen molar-refractivity contribution in [3.8, 4) is 5.69 Å². The number of aryl methyl sites for hydroxylation is 1. The van der Waals surface area contributed by atoms with E-state index in [1.54, 1.807) is 6.20 Å². The molecule has 0 saturated heterocycles. The fourth-order valence-corrected chi connectivity index (χ4v) is 2.86. The lowest BCUT2D eigenvalue weighted by molar-refractivity contribution is 0.887. The van der Waals surface area contributed by atoms with E-state index in [1.807, 2.05) is 17.7 Å². The summed E-state index contributed by atoms with van der Waals surface area (Å²) < 4.78 is 1.94. The predicted octanol–water partition coefficient (Wildman–Crippen LogP) is 3.95. The molecule has 0 fully saturated rings. The van der Waals surface area contributed by atoms with E-state index in [0.717, 1.165) is 28.7 Å². The number of rotatable bonds is 1. The molecule has 20 heavy (non-hydrogen) atoms. The quantitative estimate of drug-likeness (QED) is 0.632. The number of pyridine rings is 1. The first-order chi connectivity index (χ1) is 9.72. The van der Waals surface area contributed by atoms with Gasteiger partial charge in [-0.2, -0.15) is 5.10 Å². The number of nitrogens with zero attached hydrogens (tertiary/aromatic N) is 3. The minimum Gasteiger partial charge on any atom is -0.244 e. The van der Waals surface area contributed by atoms with Crippen molar-refractivity contribution < 1.29 is 0 Å². The van der Waals surface area contributed by atoms with Crippen molar-refractivity contribution in [3.63, 3.8) is 0 Å². The standard InChI is InChI=1S/C16H12ClN3/c1-10-14-9-18-16(17)8-15(14)20(19-10)13-6-5-11-3-2-4-12(11)7-13/h2-3,5-9H,4H2,1H3. The molecular formula is C16H12ClN3. The molecule has 0 atom stereocenters. The van der Waals surface area contributed by atoms with Gasteiger partial charge in [-0.05, 0) is 36.6 Å². The summed E-state index contributed by atoms with van der Waals surface area (Å²) in [6.45, 7) is 1.99. The molecule has 0 radical (unpaired) electrons. The van der Waals surface area contributed by atoms with Crippen LogP contribution in [0.1, 0.15) is 16.8 Å². The highest BCUT2D eigenvalue weighted by atomic mass is 35.5. The molecule has 0 amide bonds. The molecule has 4 rings (SSSR count). The third-order valence-corrected chi connectivity index (χ3v) is 3.93. The second-order valence-electron chi connectivity index (χ2n) is 5.01. The molecule has 3 aromatic rings. The Kier molecular flexibility index (Phi) is 2.44. The molecule has 0 saturated carbocycles. The zero-order valence-corrected chi connectivity index (χ0v) is 11.7. The first-order valence-electron chi connectivity index (χ1n) is 6.53. The maximum Gasteiger partial charge on any atom is 0.131 e. The number of hydrogen-bond acceptors (Lipinski definition) is 2. The highest BCUT2D eigenvalue weighted by Gasteiger charge is 2.12. The van der Waals surface area contributed by atoms with Crippen LogP contribution in [0.5, 0.6) is 0 Å². The van der Waals surface area contributed by atoms with E-state index in [1.165, 1.54) is 11.1 Å². The van der Waals surface area contributed by atoms with Gasteiger partial charge in [0.2, 0.25) is 0 Å². The van der Waals surface area contributed by atoms with E-state index in [2.05, 4.69) is 40.4 Å². The van der Waals surface area contributed by atoms with Crippen LogP contribution in [0.25, 0.3) is 22.7 Å². The predicted molar refractivity (Wildman–Crippen MR) is 81.4 cm³/mol. The molecule has 0 unspecified atom stereocenters. The monoisotopic (exact) mass is 281 g/mol. The fraction of sp³-hybridized carbons (Fsp3) is 0.125. The summed E-state index contributed by atoms with van der Waals surface area (Å²) in [6, 6.07) is 8.28. The van der Waals surface area contributed by atoms with Gasteiger partial charge in [-0.1, -0.05) is 29.8 Å². The summed E-state index contributed by atoms with van der Waals surface area (Å²) in [5, 5.41) is 6.15. The molecule has 0 bridgehead atoms. The van der Waals surface area contributed by atoms with Crippen LogP contribution in [0.2, 0.25) is 5.15 Å². The smallest absolute Gasteiger partial charge is 0.131 e. The Hall–Kier alpha value is -2.13. The topological polar surface area (TPSA) is 30.7 Å². The van der Waals surface area contributed by atoms with Crippen LogP contribution >= 0.6 is 11.6 Å². The molecule has 1 aliphatic carbocycles. The van der Waals surface area contributed by atoms with Gasteiger partial charge in [0.05, 0.1) is 16.9 Å². The Labute approximate surface area is 121 Å². The first kappa shape index (κ1) is 11.7. The molecule has 4 heteroatoms. The summed E-state index contributed by atoms with van der Waals surface area (Å²) in [7, 11) is 0. The number of aromatic nitrogens is 3. The van der Waals surface area contributed by atoms with Gasteiger partial charge in [0.15, 0.2) is 0 Å². The summed E-state index contributed by atoms with van der Waals surface area (Å²) in [5.41, 5.74) is 5.65. The van der Waals surface area contributed by atoms with Gasteiger partial charge in [0.25, 0.3) is 0 Å². The fourth-order valence-electron chi connectivity index (χ4n) is 2.70. The van der Waals surface area contributed by atoms with Crippen molar-refractivity contribution in [1.82, 2.24) is 14.8 Å². The Morgan fingerprint density at radius 1 is 1.25 bits per heavy atom. The maximum absolute atomic E-state index is 6.02. The van der Waals surface area contributed by atoms with E-state index in [0.29, 0.717) is 5.15 Å². The summed E-state index contributed by atoms with van der Waals surface area (Å²) in [6.07, 6.45) is 7.11. The minimum atomic E-state index is 0.487. The van der Waals surface area contributed by atoms with Crippen LogP contribution in [-0.2, 0) is 6.42 Å². The number of halogens is 1. The Morgan fingerprint density at radius 3 is 3.05 bits per heavy atom. The summed E-state index contributed by atoms with van der Waals surface area (Å²) in [4.78, 5) is 4.14.